The van der Waals surface area contributed by atoms with Crippen LogP contribution in [0.2, 0.25) is 0 Å². The van der Waals surface area contributed by atoms with Gasteiger partial charge in [0, 0.05) is 25.9 Å². The summed E-state index contributed by atoms with van der Waals surface area (Å²) in [7, 11) is 0. The van der Waals surface area contributed by atoms with E-state index in [1.165, 1.54) is 12.3 Å². The summed E-state index contributed by atoms with van der Waals surface area (Å²) >= 11 is 0. The van der Waals surface area contributed by atoms with E-state index in [2.05, 4.69) is 15.6 Å². The van der Waals surface area contributed by atoms with E-state index < -0.39 is 5.97 Å². The second kappa shape index (κ2) is 8.11. The first-order valence-electron chi connectivity index (χ1n) is 6.34. The van der Waals surface area contributed by atoms with Crippen LogP contribution in [0, 0.1) is 0 Å². The van der Waals surface area contributed by atoms with Crippen LogP contribution >= 0.6 is 0 Å². The maximum atomic E-state index is 11.5. The van der Waals surface area contributed by atoms with Crippen molar-refractivity contribution in [1.29, 1.82) is 0 Å². The van der Waals surface area contributed by atoms with Gasteiger partial charge in [-0.15, -0.1) is 0 Å². The molecule has 1 aromatic heterocycles. The normalized spacial score (nSPS) is 11.7. The van der Waals surface area contributed by atoms with Gasteiger partial charge in [-0.1, -0.05) is 6.07 Å². The Labute approximate surface area is 117 Å². The molecule has 20 heavy (non-hydrogen) atoms. The highest BCUT2D eigenvalue weighted by Gasteiger charge is 2.06. The van der Waals surface area contributed by atoms with Crippen LogP contribution in [0.4, 0.5) is 4.79 Å². The van der Waals surface area contributed by atoms with Crippen molar-refractivity contribution in [3.05, 3.63) is 29.6 Å². The summed E-state index contributed by atoms with van der Waals surface area (Å²) < 4.78 is 5.28. The Balaban J connectivity index is 2.32. The number of carbonyl (C=O) groups excluding carboxylic acids is 1. The molecule has 7 nitrogen and oxygen atoms in total. The van der Waals surface area contributed by atoms with Gasteiger partial charge in [0.2, 0.25) is 0 Å². The smallest absolute Gasteiger partial charge is 0.354 e. The van der Waals surface area contributed by atoms with Gasteiger partial charge in [0.05, 0.1) is 6.10 Å². The van der Waals surface area contributed by atoms with Crippen LogP contribution in [0.5, 0.6) is 0 Å². The van der Waals surface area contributed by atoms with Crippen molar-refractivity contribution >= 4 is 12.0 Å². The first-order valence-corrected chi connectivity index (χ1v) is 6.34. The first-order chi connectivity index (χ1) is 9.52. The number of nitrogens with one attached hydrogen (secondary N) is 2. The van der Waals surface area contributed by atoms with Crippen molar-refractivity contribution in [2.45, 2.75) is 26.5 Å². The zero-order valence-corrected chi connectivity index (χ0v) is 11.5. The minimum Gasteiger partial charge on any atom is -0.477 e. The van der Waals surface area contributed by atoms with E-state index in [0.29, 0.717) is 13.2 Å². The minimum atomic E-state index is -1.08. The fraction of sp³-hybridized carbons (Fsp3) is 0.462. The van der Waals surface area contributed by atoms with Gasteiger partial charge < -0.3 is 20.5 Å². The summed E-state index contributed by atoms with van der Waals surface area (Å²) in [5.41, 5.74) is 0.701. The third-order valence-electron chi connectivity index (χ3n) is 2.50. The largest absolute Gasteiger partial charge is 0.477 e. The lowest BCUT2D eigenvalue weighted by Gasteiger charge is -2.13. The van der Waals surface area contributed by atoms with Gasteiger partial charge in [-0.05, 0) is 25.5 Å². The highest BCUT2D eigenvalue weighted by molar-refractivity contribution is 5.85. The van der Waals surface area contributed by atoms with Crippen LogP contribution < -0.4 is 10.6 Å². The van der Waals surface area contributed by atoms with Gasteiger partial charge in [0.25, 0.3) is 0 Å². The quantitative estimate of drug-likeness (QED) is 0.692. The van der Waals surface area contributed by atoms with Gasteiger partial charge >= 0.3 is 12.0 Å². The number of urea groups is 1. The molecule has 0 spiro atoms. The predicted octanol–water partition coefficient (Wildman–Crippen LogP) is 1.00. The summed E-state index contributed by atoms with van der Waals surface area (Å²) in [5, 5.41) is 14.0. The Morgan fingerprint density at radius 3 is 2.70 bits per heavy atom. The standard InChI is InChI=1S/C13H19N3O4/c1-3-20-9(2)6-15-13(19)16-8-10-4-5-11(12(17)18)14-7-10/h4-5,7,9H,3,6,8H2,1-2H3,(H,17,18)(H2,15,16,19). The second-order valence-electron chi connectivity index (χ2n) is 4.19. The minimum absolute atomic E-state index is 0.0243. The van der Waals surface area contributed by atoms with E-state index in [9.17, 15) is 9.59 Å². The molecule has 3 N–H and O–H groups in total. The van der Waals surface area contributed by atoms with Crippen LogP contribution in [0.25, 0.3) is 0 Å². The van der Waals surface area contributed by atoms with Gasteiger partial charge in [0.1, 0.15) is 5.69 Å². The van der Waals surface area contributed by atoms with Crippen LogP contribution in [0.15, 0.2) is 18.3 Å². The molecule has 0 aliphatic rings. The van der Waals surface area contributed by atoms with Crippen LogP contribution in [-0.4, -0.2) is 41.3 Å². The second-order valence-corrected chi connectivity index (χ2v) is 4.19. The molecule has 1 aromatic rings. The number of hydrogen-bond donors (Lipinski definition) is 3. The molecule has 0 saturated carbocycles. The topological polar surface area (TPSA) is 101 Å². The Bertz CT molecular complexity index is 447. The number of pyridine rings is 1. The van der Waals surface area contributed by atoms with E-state index in [1.54, 1.807) is 6.07 Å². The molecule has 2 amide bonds. The molecule has 1 atom stereocenters. The highest BCUT2D eigenvalue weighted by Crippen LogP contribution is 2.00. The summed E-state index contributed by atoms with van der Waals surface area (Å²) in [6.07, 6.45) is 1.38. The third-order valence-corrected chi connectivity index (χ3v) is 2.50. The van der Waals surface area contributed by atoms with E-state index in [-0.39, 0.29) is 24.4 Å². The molecule has 0 aliphatic carbocycles. The van der Waals surface area contributed by atoms with Crippen molar-refractivity contribution in [2.75, 3.05) is 13.2 Å². The van der Waals surface area contributed by atoms with Crippen molar-refractivity contribution in [2.24, 2.45) is 0 Å². The lowest BCUT2D eigenvalue weighted by molar-refractivity contribution is 0.0690. The fourth-order valence-electron chi connectivity index (χ4n) is 1.48. The van der Waals surface area contributed by atoms with Gasteiger partial charge in [-0.25, -0.2) is 14.6 Å². The number of aromatic carboxylic acids is 1. The maximum absolute atomic E-state index is 11.5. The van der Waals surface area contributed by atoms with Gasteiger partial charge in [-0.2, -0.15) is 0 Å². The van der Waals surface area contributed by atoms with Crippen molar-refractivity contribution in [1.82, 2.24) is 15.6 Å². The van der Waals surface area contributed by atoms with E-state index in [4.69, 9.17) is 9.84 Å². The van der Waals surface area contributed by atoms with E-state index >= 15 is 0 Å². The fourth-order valence-corrected chi connectivity index (χ4v) is 1.48. The van der Waals surface area contributed by atoms with Crippen molar-refractivity contribution in [3.8, 4) is 0 Å². The average molecular weight is 281 g/mol. The molecule has 7 heteroatoms. The first kappa shape index (κ1) is 15.9. The zero-order chi connectivity index (χ0) is 15.0. The van der Waals surface area contributed by atoms with E-state index in [1.807, 2.05) is 13.8 Å². The summed E-state index contributed by atoms with van der Waals surface area (Å²) in [6, 6.07) is 2.70. The molecule has 1 heterocycles. The molecule has 1 unspecified atom stereocenters. The molecule has 0 fully saturated rings. The number of nitrogens with zero attached hydrogens (tertiary/aromatic N) is 1. The summed E-state index contributed by atoms with van der Waals surface area (Å²) in [6.45, 7) is 5.08. The van der Waals surface area contributed by atoms with Gasteiger partial charge in [0.15, 0.2) is 0 Å². The molecule has 0 bridgehead atoms. The molecule has 0 saturated heterocycles. The number of carbonyl (C=O) groups is 2. The number of carboxylic acid groups (broad SMARTS) is 1. The van der Waals surface area contributed by atoms with Crippen LogP contribution in [0.1, 0.15) is 29.9 Å². The summed E-state index contributed by atoms with van der Waals surface area (Å²) in [4.78, 5) is 25.9. The molecule has 0 radical (unpaired) electrons. The molecular weight excluding hydrogens is 262 g/mol. The molecule has 0 aliphatic heterocycles. The zero-order valence-electron chi connectivity index (χ0n) is 11.5. The highest BCUT2D eigenvalue weighted by atomic mass is 16.5. The Hall–Kier alpha value is -2.15. The Morgan fingerprint density at radius 2 is 2.15 bits per heavy atom. The molecular formula is C13H19N3O4. The van der Waals surface area contributed by atoms with Gasteiger partial charge in [-0.3, -0.25) is 0 Å². The average Bonchev–Trinajstić information content (AvgIpc) is 2.43. The number of aromatic nitrogens is 1. The number of hydrogen-bond acceptors (Lipinski definition) is 4. The van der Waals surface area contributed by atoms with E-state index in [0.717, 1.165) is 5.56 Å². The summed E-state index contributed by atoms with van der Waals surface area (Å²) in [5.74, 6) is -1.08. The predicted molar refractivity (Wildman–Crippen MR) is 72.5 cm³/mol. The van der Waals surface area contributed by atoms with Crippen molar-refractivity contribution in [3.63, 3.8) is 0 Å². The Kier molecular flexibility index (Phi) is 6.45. The molecule has 0 aromatic carbocycles. The van der Waals surface area contributed by atoms with Crippen molar-refractivity contribution < 1.29 is 19.4 Å². The SMILES string of the molecule is CCOC(C)CNC(=O)NCc1ccc(C(=O)O)nc1. The number of rotatable bonds is 7. The number of carboxylic acids is 1. The Morgan fingerprint density at radius 1 is 1.40 bits per heavy atom. The number of ether oxygens (including phenoxy) is 1. The number of amides is 2. The lowest BCUT2D eigenvalue weighted by Crippen LogP contribution is -2.39. The lowest BCUT2D eigenvalue weighted by atomic mass is 10.2. The monoisotopic (exact) mass is 281 g/mol. The van der Waals surface area contributed by atoms with Crippen LogP contribution in [-0.2, 0) is 11.3 Å². The third kappa shape index (κ3) is 5.66. The maximum Gasteiger partial charge on any atom is 0.354 e. The molecule has 1 rings (SSSR count). The molecule has 110 valence electrons. The van der Waals surface area contributed by atoms with Crippen LogP contribution in [0.3, 0.4) is 0 Å².